The van der Waals surface area contributed by atoms with Crippen LogP contribution in [0.1, 0.15) is 52.4 Å². The molecule has 0 aromatic heterocycles. The molecule has 0 saturated carbocycles. The van der Waals surface area contributed by atoms with Gasteiger partial charge in [-0.25, -0.2) is 0 Å². The van der Waals surface area contributed by atoms with E-state index in [9.17, 15) is 4.79 Å². The number of anilines is 1. The van der Waals surface area contributed by atoms with Gasteiger partial charge in [-0.05, 0) is 25.5 Å². The van der Waals surface area contributed by atoms with Crippen LogP contribution < -0.4 is 11.1 Å². The van der Waals surface area contributed by atoms with Crippen molar-refractivity contribution in [1.29, 1.82) is 0 Å². The number of unbranched alkanes of at least 4 members (excludes halogenated alkanes) is 4. The number of hydrogen-bond donors (Lipinski definition) is 2. The largest absolute Gasteiger partial charge is 0.370 e. The number of halogens is 1. The number of nitrogens with two attached hydrogens (primary N) is 1. The minimum Gasteiger partial charge on any atom is -0.370 e. The van der Waals surface area contributed by atoms with Crippen LogP contribution in [0.4, 0.5) is 5.69 Å². The molecule has 0 heterocycles. The second-order valence-corrected chi connectivity index (χ2v) is 5.87. The van der Waals surface area contributed by atoms with Crippen LogP contribution >= 0.6 is 11.6 Å². The Morgan fingerprint density at radius 1 is 1.25 bits per heavy atom. The fourth-order valence-electron chi connectivity index (χ4n) is 2.19. The van der Waals surface area contributed by atoms with E-state index in [0.717, 1.165) is 24.9 Å². The molecule has 0 fully saturated rings. The van der Waals surface area contributed by atoms with Crippen molar-refractivity contribution in [3.8, 4) is 0 Å². The Hall–Kier alpha value is -1.22. The Balaban J connectivity index is 2.63. The lowest BCUT2D eigenvalue weighted by atomic mass is 9.92. The minimum absolute atomic E-state index is 0.340. The van der Waals surface area contributed by atoms with Crippen molar-refractivity contribution in [1.82, 2.24) is 0 Å². The van der Waals surface area contributed by atoms with E-state index in [-0.39, 0.29) is 5.91 Å². The van der Waals surface area contributed by atoms with E-state index in [0.29, 0.717) is 5.02 Å². The van der Waals surface area contributed by atoms with Crippen molar-refractivity contribution < 1.29 is 4.79 Å². The molecule has 1 atom stereocenters. The van der Waals surface area contributed by atoms with Gasteiger partial charge in [-0.1, -0.05) is 62.8 Å². The first kappa shape index (κ1) is 16.8. The topological polar surface area (TPSA) is 55.1 Å². The van der Waals surface area contributed by atoms with Gasteiger partial charge in [-0.15, -0.1) is 0 Å². The number of rotatable bonds is 9. The molecule has 1 aromatic rings. The molecule has 3 N–H and O–H groups in total. The van der Waals surface area contributed by atoms with Crippen LogP contribution in [0, 0.1) is 0 Å². The van der Waals surface area contributed by atoms with Gasteiger partial charge in [0.1, 0.15) is 5.54 Å². The van der Waals surface area contributed by atoms with E-state index in [2.05, 4.69) is 12.2 Å². The normalized spacial score (nSPS) is 13.8. The van der Waals surface area contributed by atoms with Gasteiger partial charge in [-0.2, -0.15) is 0 Å². The van der Waals surface area contributed by atoms with Crippen LogP contribution in [-0.4, -0.2) is 11.4 Å². The number of primary amides is 1. The Morgan fingerprint density at radius 3 is 2.50 bits per heavy atom. The zero-order valence-corrected chi connectivity index (χ0v) is 13.2. The quantitative estimate of drug-likeness (QED) is 0.665. The fraction of sp³-hybridized carbons (Fsp3) is 0.562. The zero-order chi connectivity index (χ0) is 15.0. The van der Waals surface area contributed by atoms with Crippen LogP contribution in [0.15, 0.2) is 24.3 Å². The molecule has 20 heavy (non-hydrogen) atoms. The highest BCUT2D eigenvalue weighted by Gasteiger charge is 2.30. The summed E-state index contributed by atoms with van der Waals surface area (Å²) in [6.07, 6.45) is 6.49. The summed E-state index contributed by atoms with van der Waals surface area (Å²) in [5, 5.41) is 3.81. The second-order valence-electron chi connectivity index (χ2n) is 5.47. The van der Waals surface area contributed by atoms with Crippen LogP contribution in [0.5, 0.6) is 0 Å². The number of hydrogen-bond acceptors (Lipinski definition) is 2. The lowest BCUT2D eigenvalue weighted by molar-refractivity contribution is -0.122. The molecular formula is C16H25ClN2O. The van der Waals surface area contributed by atoms with Crippen LogP contribution in [0.2, 0.25) is 5.02 Å². The highest BCUT2D eigenvalue weighted by molar-refractivity contribution is 6.33. The van der Waals surface area contributed by atoms with Crippen molar-refractivity contribution in [2.24, 2.45) is 5.73 Å². The minimum atomic E-state index is -0.753. The van der Waals surface area contributed by atoms with Gasteiger partial charge >= 0.3 is 0 Å². The van der Waals surface area contributed by atoms with Gasteiger partial charge in [0.2, 0.25) is 5.91 Å². The van der Waals surface area contributed by atoms with Gasteiger partial charge in [0, 0.05) is 0 Å². The molecular weight excluding hydrogens is 272 g/mol. The first-order chi connectivity index (χ1) is 9.49. The van der Waals surface area contributed by atoms with Crippen molar-refractivity contribution >= 4 is 23.2 Å². The maximum absolute atomic E-state index is 11.8. The molecule has 4 heteroatoms. The summed E-state index contributed by atoms with van der Waals surface area (Å²) >= 11 is 6.12. The maximum atomic E-state index is 11.8. The van der Waals surface area contributed by atoms with E-state index in [1.54, 1.807) is 6.07 Å². The highest BCUT2D eigenvalue weighted by atomic mass is 35.5. The van der Waals surface area contributed by atoms with Crippen LogP contribution in [-0.2, 0) is 4.79 Å². The molecule has 0 bridgehead atoms. The SMILES string of the molecule is CCCCCCCC(C)(Nc1ccccc1Cl)C(N)=O. The van der Waals surface area contributed by atoms with Crippen molar-refractivity contribution in [3.63, 3.8) is 0 Å². The number of benzene rings is 1. The number of carbonyl (C=O) groups is 1. The second kappa shape index (κ2) is 8.15. The fourth-order valence-corrected chi connectivity index (χ4v) is 2.37. The smallest absolute Gasteiger partial charge is 0.242 e. The summed E-state index contributed by atoms with van der Waals surface area (Å²) < 4.78 is 0. The van der Waals surface area contributed by atoms with E-state index < -0.39 is 5.54 Å². The molecule has 3 nitrogen and oxygen atoms in total. The van der Waals surface area contributed by atoms with Gasteiger partial charge in [0.05, 0.1) is 10.7 Å². The van der Waals surface area contributed by atoms with E-state index >= 15 is 0 Å². The zero-order valence-electron chi connectivity index (χ0n) is 12.4. The van der Waals surface area contributed by atoms with Crippen molar-refractivity contribution in [2.45, 2.75) is 57.9 Å². The number of nitrogens with one attached hydrogen (secondary N) is 1. The van der Waals surface area contributed by atoms with E-state index in [1.165, 1.54) is 19.3 Å². The average Bonchev–Trinajstić information content (AvgIpc) is 2.41. The maximum Gasteiger partial charge on any atom is 0.242 e. The molecule has 1 amide bonds. The summed E-state index contributed by atoms with van der Waals surface area (Å²) in [5.41, 5.74) is 5.57. The van der Waals surface area contributed by atoms with Crippen molar-refractivity contribution in [2.75, 3.05) is 5.32 Å². The average molecular weight is 297 g/mol. The molecule has 0 aliphatic heterocycles. The number of carbonyl (C=O) groups excluding carboxylic acids is 1. The summed E-state index contributed by atoms with van der Waals surface area (Å²) in [5.74, 6) is -0.340. The van der Waals surface area contributed by atoms with E-state index in [1.807, 2.05) is 25.1 Å². The molecule has 0 aliphatic rings. The standard InChI is InChI=1S/C16H25ClN2O/c1-3-4-5-6-9-12-16(2,15(18)20)19-14-11-8-7-10-13(14)17/h7-8,10-11,19H,3-6,9,12H2,1-2H3,(H2,18,20). The Morgan fingerprint density at radius 2 is 1.90 bits per heavy atom. The Bertz CT molecular complexity index is 436. The van der Waals surface area contributed by atoms with Gasteiger partial charge in [0.15, 0.2) is 0 Å². The first-order valence-corrected chi connectivity index (χ1v) is 7.70. The lowest BCUT2D eigenvalue weighted by Crippen LogP contribution is -2.47. The summed E-state index contributed by atoms with van der Waals surface area (Å²) in [6, 6.07) is 7.41. The molecule has 0 aliphatic carbocycles. The summed E-state index contributed by atoms with van der Waals surface area (Å²) in [6.45, 7) is 4.03. The van der Waals surface area contributed by atoms with Gasteiger partial charge < -0.3 is 11.1 Å². The van der Waals surface area contributed by atoms with Gasteiger partial charge in [-0.3, -0.25) is 4.79 Å². The monoisotopic (exact) mass is 296 g/mol. The Kier molecular flexibility index (Phi) is 6.86. The first-order valence-electron chi connectivity index (χ1n) is 7.32. The number of para-hydroxylation sites is 1. The third kappa shape index (κ3) is 5.04. The molecule has 0 radical (unpaired) electrons. The summed E-state index contributed by atoms with van der Waals surface area (Å²) in [7, 11) is 0. The molecule has 112 valence electrons. The highest BCUT2D eigenvalue weighted by Crippen LogP contribution is 2.27. The molecule has 1 rings (SSSR count). The molecule has 1 unspecified atom stereocenters. The molecule has 0 spiro atoms. The predicted molar refractivity (Wildman–Crippen MR) is 86.1 cm³/mol. The van der Waals surface area contributed by atoms with Crippen LogP contribution in [0.3, 0.4) is 0 Å². The number of amides is 1. The molecule has 0 saturated heterocycles. The van der Waals surface area contributed by atoms with Crippen LogP contribution in [0.25, 0.3) is 0 Å². The lowest BCUT2D eigenvalue weighted by Gasteiger charge is -2.29. The third-order valence-corrected chi connectivity index (χ3v) is 3.94. The predicted octanol–water partition coefficient (Wildman–Crippen LogP) is 4.36. The van der Waals surface area contributed by atoms with Crippen molar-refractivity contribution in [3.05, 3.63) is 29.3 Å². The Labute approximate surface area is 126 Å². The molecule has 1 aromatic carbocycles. The third-order valence-electron chi connectivity index (χ3n) is 3.61. The van der Waals surface area contributed by atoms with Gasteiger partial charge in [0.25, 0.3) is 0 Å². The summed E-state index contributed by atoms with van der Waals surface area (Å²) in [4.78, 5) is 11.8. The van der Waals surface area contributed by atoms with E-state index in [4.69, 9.17) is 17.3 Å².